The predicted molar refractivity (Wildman–Crippen MR) is 84.3 cm³/mol. The summed E-state index contributed by atoms with van der Waals surface area (Å²) >= 11 is 2.17. The molecule has 2 rings (SSSR count). The lowest BCUT2D eigenvalue weighted by Crippen LogP contribution is -2.41. The molecule has 0 heterocycles. The number of benzene rings is 1. The molecule has 1 saturated carbocycles. The minimum Gasteiger partial charge on any atom is -0.328 e. The number of halogens is 1. The van der Waals surface area contributed by atoms with Crippen LogP contribution in [-0.4, -0.2) is 31.9 Å². The molecule has 0 atom stereocenters. The third-order valence-electron chi connectivity index (χ3n) is 3.75. The fraction of sp³-hybridized carbons (Fsp3) is 0.538. The van der Waals surface area contributed by atoms with Gasteiger partial charge in [-0.1, -0.05) is 0 Å². The normalized spacial score (nSPS) is 24.6. The van der Waals surface area contributed by atoms with E-state index in [1.165, 1.54) is 4.31 Å². The van der Waals surface area contributed by atoms with E-state index in [4.69, 9.17) is 5.73 Å². The molecule has 0 amide bonds. The van der Waals surface area contributed by atoms with Crippen molar-refractivity contribution in [3.63, 3.8) is 0 Å². The zero-order valence-electron chi connectivity index (χ0n) is 10.9. The summed E-state index contributed by atoms with van der Waals surface area (Å²) in [6, 6.07) is 7.27. The first-order valence-corrected chi connectivity index (χ1v) is 8.92. The van der Waals surface area contributed by atoms with Crippen LogP contribution in [0.4, 0.5) is 0 Å². The van der Waals surface area contributed by atoms with Crippen LogP contribution in [-0.2, 0) is 10.0 Å². The molecule has 19 heavy (non-hydrogen) atoms. The van der Waals surface area contributed by atoms with Crippen LogP contribution in [0, 0.1) is 3.57 Å². The van der Waals surface area contributed by atoms with Gasteiger partial charge in [-0.05, 0) is 72.5 Å². The predicted octanol–water partition coefficient (Wildman–Crippen LogP) is 2.18. The molecule has 1 aliphatic carbocycles. The maximum atomic E-state index is 12.5. The summed E-state index contributed by atoms with van der Waals surface area (Å²) in [5, 5.41) is 0. The van der Waals surface area contributed by atoms with E-state index in [1.54, 1.807) is 19.2 Å². The van der Waals surface area contributed by atoms with Gasteiger partial charge in [-0.2, -0.15) is 4.31 Å². The molecule has 106 valence electrons. The van der Waals surface area contributed by atoms with E-state index in [0.29, 0.717) is 4.90 Å². The van der Waals surface area contributed by atoms with E-state index in [2.05, 4.69) is 22.6 Å². The lowest BCUT2D eigenvalue weighted by molar-refractivity contribution is 0.268. The van der Waals surface area contributed by atoms with Gasteiger partial charge in [0.25, 0.3) is 0 Å². The van der Waals surface area contributed by atoms with Crippen molar-refractivity contribution in [1.82, 2.24) is 4.31 Å². The summed E-state index contributed by atoms with van der Waals surface area (Å²) in [6.07, 6.45) is 3.50. The van der Waals surface area contributed by atoms with Crippen LogP contribution in [0.2, 0.25) is 0 Å². The molecule has 2 N–H and O–H groups in total. The third-order valence-corrected chi connectivity index (χ3v) is 6.39. The van der Waals surface area contributed by atoms with Crippen molar-refractivity contribution in [3.8, 4) is 0 Å². The van der Waals surface area contributed by atoms with Crippen molar-refractivity contribution in [2.24, 2.45) is 5.73 Å². The second kappa shape index (κ2) is 6.07. The minimum atomic E-state index is -3.38. The average molecular weight is 394 g/mol. The molecule has 1 aliphatic rings. The second-order valence-corrected chi connectivity index (χ2v) is 8.29. The Labute approximate surface area is 128 Å². The molecule has 0 bridgehead atoms. The molecule has 6 heteroatoms. The monoisotopic (exact) mass is 394 g/mol. The van der Waals surface area contributed by atoms with E-state index in [-0.39, 0.29) is 12.1 Å². The van der Waals surface area contributed by atoms with Gasteiger partial charge in [-0.15, -0.1) is 0 Å². The number of nitrogens with two attached hydrogens (primary N) is 1. The Balaban J connectivity index is 2.17. The average Bonchev–Trinajstić information content (AvgIpc) is 2.39. The zero-order chi connectivity index (χ0) is 14.0. The molecular weight excluding hydrogens is 375 g/mol. The molecule has 1 aromatic rings. The smallest absolute Gasteiger partial charge is 0.243 e. The Kier molecular flexibility index (Phi) is 4.86. The molecule has 0 saturated heterocycles. The first-order chi connectivity index (χ1) is 8.91. The topological polar surface area (TPSA) is 63.4 Å². The SMILES string of the molecule is CN(C1CCC(N)CC1)S(=O)(=O)c1ccc(I)cc1. The van der Waals surface area contributed by atoms with Crippen molar-refractivity contribution in [2.45, 2.75) is 42.7 Å². The van der Waals surface area contributed by atoms with Gasteiger partial charge >= 0.3 is 0 Å². The first kappa shape index (κ1) is 15.2. The molecule has 1 fully saturated rings. The summed E-state index contributed by atoms with van der Waals surface area (Å²) in [7, 11) is -1.71. The summed E-state index contributed by atoms with van der Waals surface area (Å²) in [4.78, 5) is 0.366. The van der Waals surface area contributed by atoms with E-state index < -0.39 is 10.0 Å². The molecule has 0 unspecified atom stereocenters. The van der Waals surface area contributed by atoms with Gasteiger partial charge in [0, 0.05) is 22.7 Å². The van der Waals surface area contributed by atoms with Crippen molar-refractivity contribution in [2.75, 3.05) is 7.05 Å². The summed E-state index contributed by atoms with van der Waals surface area (Å²) < 4.78 is 27.6. The number of nitrogens with zero attached hydrogens (tertiary/aromatic N) is 1. The van der Waals surface area contributed by atoms with E-state index >= 15 is 0 Å². The lowest BCUT2D eigenvalue weighted by atomic mass is 9.92. The van der Waals surface area contributed by atoms with Gasteiger partial charge in [0.05, 0.1) is 4.90 Å². The highest BCUT2D eigenvalue weighted by atomic mass is 127. The molecule has 0 spiro atoms. The summed E-state index contributed by atoms with van der Waals surface area (Å²) in [5.74, 6) is 0. The van der Waals surface area contributed by atoms with Crippen LogP contribution in [0.1, 0.15) is 25.7 Å². The van der Waals surface area contributed by atoms with Crippen LogP contribution in [0.15, 0.2) is 29.2 Å². The fourth-order valence-corrected chi connectivity index (χ4v) is 4.21. The van der Waals surface area contributed by atoms with Gasteiger partial charge in [0.2, 0.25) is 10.0 Å². The van der Waals surface area contributed by atoms with Crippen LogP contribution < -0.4 is 5.73 Å². The van der Waals surface area contributed by atoms with Gasteiger partial charge in [0.15, 0.2) is 0 Å². The largest absolute Gasteiger partial charge is 0.328 e. The number of rotatable bonds is 3. The maximum absolute atomic E-state index is 12.5. The van der Waals surface area contributed by atoms with Crippen molar-refractivity contribution >= 4 is 32.6 Å². The van der Waals surface area contributed by atoms with Crippen molar-refractivity contribution < 1.29 is 8.42 Å². The van der Waals surface area contributed by atoms with Crippen molar-refractivity contribution in [3.05, 3.63) is 27.8 Å². The van der Waals surface area contributed by atoms with Crippen LogP contribution in [0.25, 0.3) is 0 Å². The summed E-state index contributed by atoms with van der Waals surface area (Å²) in [6.45, 7) is 0. The molecule has 0 aromatic heterocycles. The Bertz CT molecular complexity index is 522. The first-order valence-electron chi connectivity index (χ1n) is 6.40. The Hall–Kier alpha value is -0.180. The lowest BCUT2D eigenvalue weighted by Gasteiger charge is -2.32. The van der Waals surface area contributed by atoms with E-state index in [0.717, 1.165) is 29.3 Å². The highest BCUT2D eigenvalue weighted by Crippen LogP contribution is 2.26. The van der Waals surface area contributed by atoms with Crippen LogP contribution >= 0.6 is 22.6 Å². The van der Waals surface area contributed by atoms with E-state index in [9.17, 15) is 8.42 Å². The zero-order valence-corrected chi connectivity index (χ0v) is 13.9. The number of hydrogen-bond donors (Lipinski definition) is 1. The summed E-state index contributed by atoms with van der Waals surface area (Å²) in [5.41, 5.74) is 5.87. The molecular formula is C13H19IN2O2S. The second-order valence-electron chi connectivity index (χ2n) is 5.04. The maximum Gasteiger partial charge on any atom is 0.243 e. The third kappa shape index (κ3) is 3.48. The molecule has 1 aromatic carbocycles. The molecule has 0 radical (unpaired) electrons. The van der Waals surface area contributed by atoms with Crippen LogP contribution in [0.3, 0.4) is 0 Å². The van der Waals surface area contributed by atoms with Gasteiger partial charge in [0.1, 0.15) is 0 Å². The molecule has 0 aliphatic heterocycles. The van der Waals surface area contributed by atoms with Gasteiger partial charge < -0.3 is 5.73 Å². The Morgan fingerprint density at radius 3 is 2.21 bits per heavy atom. The van der Waals surface area contributed by atoms with Crippen molar-refractivity contribution in [1.29, 1.82) is 0 Å². The highest BCUT2D eigenvalue weighted by Gasteiger charge is 2.30. The standard InChI is InChI=1S/C13H19IN2O2S/c1-16(12-6-4-11(15)5-7-12)19(17,18)13-8-2-10(14)3-9-13/h2-3,8-9,11-12H,4-7,15H2,1H3. The molecule has 4 nitrogen and oxygen atoms in total. The Morgan fingerprint density at radius 2 is 1.68 bits per heavy atom. The number of sulfonamides is 1. The Morgan fingerprint density at radius 1 is 1.16 bits per heavy atom. The minimum absolute atomic E-state index is 0.0732. The quantitative estimate of drug-likeness (QED) is 0.800. The highest BCUT2D eigenvalue weighted by molar-refractivity contribution is 14.1. The fourth-order valence-electron chi connectivity index (χ4n) is 2.43. The van der Waals surface area contributed by atoms with E-state index in [1.807, 2.05) is 12.1 Å². The number of hydrogen-bond acceptors (Lipinski definition) is 3. The van der Waals surface area contributed by atoms with Crippen LogP contribution in [0.5, 0.6) is 0 Å². The van der Waals surface area contributed by atoms with Gasteiger partial charge in [-0.25, -0.2) is 8.42 Å². The van der Waals surface area contributed by atoms with Gasteiger partial charge in [-0.3, -0.25) is 0 Å².